The molecule has 0 aliphatic heterocycles. The van der Waals surface area contributed by atoms with Crippen molar-refractivity contribution in [1.29, 1.82) is 0 Å². The molecule has 0 atom stereocenters. The summed E-state index contributed by atoms with van der Waals surface area (Å²) in [4.78, 5) is 29.1. The number of benzene rings is 2. The number of nitrogens with one attached hydrogen (secondary N) is 1. The maximum absolute atomic E-state index is 13.1. The predicted octanol–water partition coefficient (Wildman–Crippen LogP) is 2.83. The summed E-state index contributed by atoms with van der Waals surface area (Å²) < 4.78 is 22.9. The van der Waals surface area contributed by atoms with Crippen LogP contribution < -0.4 is 5.32 Å². The first kappa shape index (κ1) is 21.2. The Labute approximate surface area is 172 Å². The van der Waals surface area contributed by atoms with Crippen molar-refractivity contribution < 1.29 is 28.6 Å². The van der Waals surface area contributed by atoms with Gasteiger partial charge in [0.2, 0.25) is 0 Å². The first-order valence-electron chi connectivity index (χ1n) is 9.19. The first-order valence-corrected chi connectivity index (χ1v) is 9.19. The second-order valence-corrected chi connectivity index (χ2v) is 6.60. The highest BCUT2D eigenvalue weighted by atomic mass is 19.1. The molecule has 0 bridgehead atoms. The summed E-state index contributed by atoms with van der Waals surface area (Å²) in [5.41, 5.74) is 1.73. The number of hydrogen-bond donors (Lipinski definition) is 2. The van der Waals surface area contributed by atoms with E-state index in [9.17, 15) is 19.1 Å². The Morgan fingerprint density at radius 2 is 1.83 bits per heavy atom. The van der Waals surface area contributed by atoms with Crippen molar-refractivity contribution in [3.8, 4) is 5.75 Å². The van der Waals surface area contributed by atoms with Crippen molar-refractivity contribution >= 4 is 22.8 Å². The van der Waals surface area contributed by atoms with Gasteiger partial charge in [-0.05, 0) is 41.8 Å². The third-order valence-electron chi connectivity index (χ3n) is 4.57. The van der Waals surface area contributed by atoms with E-state index in [1.807, 2.05) is 0 Å². The van der Waals surface area contributed by atoms with E-state index in [0.717, 1.165) is 11.1 Å². The lowest BCUT2D eigenvalue weighted by Gasteiger charge is -2.13. The molecule has 3 aromatic rings. The van der Waals surface area contributed by atoms with Crippen molar-refractivity contribution in [2.24, 2.45) is 0 Å². The number of carbonyl (C=O) groups excluding carboxylic acids is 2. The van der Waals surface area contributed by atoms with Gasteiger partial charge in [-0.1, -0.05) is 12.1 Å². The van der Waals surface area contributed by atoms with Gasteiger partial charge in [-0.3, -0.25) is 9.78 Å². The number of amides is 1. The highest BCUT2D eigenvalue weighted by molar-refractivity contribution is 6.11. The number of aromatic hydroxyl groups is 1. The molecule has 0 unspecified atom stereocenters. The Morgan fingerprint density at radius 1 is 1.10 bits per heavy atom. The monoisotopic (exact) mass is 412 g/mol. The number of aromatic nitrogens is 1. The Kier molecular flexibility index (Phi) is 6.58. The zero-order valence-corrected chi connectivity index (χ0v) is 16.6. The minimum Gasteiger partial charge on any atom is -0.505 e. The van der Waals surface area contributed by atoms with Gasteiger partial charge in [0, 0.05) is 25.2 Å². The second kappa shape index (κ2) is 9.32. The number of fused-ring (bicyclic) bond motifs is 1. The fraction of sp³-hybridized carbons (Fsp3) is 0.227. The summed E-state index contributed by atoms with van der Waals surface area (Å²) in [6, 6.07) is 9.03. The van der Waals surface area contributed by atoms with Crippen molar-refractivity contribution in [2.45, 2.75) is 6.42 Å². The van der Waals surface area contributed by atoms with Gasteiger partial charge in [-0.25, -0.2) is 9.18 Å². The summed E-state index contributed by atoms with van der Waals surface area (Å²) in [5, 5.41) is 13.6. The first-order chi connectivity index (χ1) is 14.4. The van der Waals surface area contributed by atoms with Gasteiger partial charge < -0.3 is 19.9 Å². The molecule has 156 valence electrons. The van der Waals surface area contributed by atoms with Crippen LogP contribution in [0.15, 0.2) is 42.6 Å². The molecule has 2 aromatic carbocycles. The number of halogens is 1. The number of hydrogen-bond acceptors (Lipinski definition) is 6. The molecule has 0 saturated carbocycles. The van der Waals surface area contributed by atoms with Crippen LogP contribution in [0.4, 0.5) is 4.39 Å². The van der Waals surface area contributed by atoms with E-state index in [2.05, 4.69) is 10.3 Å². The van der Waals surface area contributed by atoms with E-state index >= 15 is 0 Å². The minimum atomic E-state index is -0.660. The number of pyridine rings is 1. The molecule has 0 aliphatic carbocycles. The molecule has 7 nitrogen and oxygen atoms in total. The highest BCUT2D eigenvalue weighted by Crippen LogP contribution is 2.32. The number of phenolic OH excluding ortho intramolecular Hbond substituents is 1. The molecular weight excluding hydrogens is 391 g/mol. The van der Waals surface area contributed by atoms with Crippen LogP contribution >= 0.6 is 0 Å². The van der Waals surface area contributed by atoms with Crippen LogP contribution in [0.1, 0.15) is 31.8 Å². The van der Waals surface area contributed by atoms with Crippen LogP contribution in [0, 0.1) is 5.82 Å². The number of ether oxygens (including phenoxy) is 2. The summed E-state index contributed by atoms with van der Waals surface area (Å²) in [7, 11) is 2.73. The fourth-order valence-corrected chi connectivity index (χ4v) is 3.07. The molecule has 1 aromatic heterocycles. The molecule has 0 spiro atoms. The minimum absolute atomic E-state index is 0.0854. The summed E-state index contributed by atoms with van der Waals surface area (Å²) in [5.74, 6) is -1.88. The van der Waals surface area contributed by atoms with E-state index in [1.165, 1.54) is 32.4 Å². The van der Waals surface area contributed by atoms with Gasteiger partial charge in [-0.2, -0.15) is 0 Å². The molecule has 0 radical (unpaired) electrons. The van der Waals surface area contributed by atoms with Gasteiger partial charge in [0.25, 0.3) is 5.91 Å². The summed E-state index contributed by atoms with van der Waals surface area (Å²) >= 11 is 0. The molecular formula is C22H21FN2O5. The molecule has 1 heterocycles. The zero-order chi connectivity index (χ0) is 21.7. The van der Waals surface area contributed by atoms with Crippen LogP contribution in [0.2, 0.25) is 0 Å². The number of nitrogens with zero attached hydrogens (tertiary/aromatic N) is 1. The van der Waals surface area contributed by atoms with Crippen molar-refractivity contribution in [3.63, 3.8) is 0 Å². The number of esters is 1. The van der Waals surface area contributed by atoms with E-state index in [0.29, 0.717) is 18.4 Å². The fourth-order valence-electron chi connectivity index (χ4n) is 3.07. The Hall–Kier alpha value is -3.52. The topological polar surface area (TPSA) is 97.8 Å². The third-order valence-corrected chi connectivity index (χ3v) is 4.57. The van der Waals surface area contributed by atoms with Crippen LogP contribution in [0.3, 0.4) is 0 Å². The second-order valence-electron chi connectivity index (χ2n) is 6.60. The maximum Gasteiger partial charge on any atom is 0.338 e. The Balaban J connectivity index is 2.04. The molecule has 30 heavy (non-hydrogen) atoms. The molecule has 3 rings (SSSR count). The van der Waals surface area contributed by atoms with Crippen molar-refractivity contribution in [3.05, 3.63) is 70.7 Å². The highest BCUT2D eigenvalue weighted by Gasteiger charge is 2.22. The summed E-state index contributed by atoms with van der Waals surface area (Å²) in [6.07, 6.45) is 1.99. The van der Waals surface area contributed by atoms with E-state index < -0.39 is 11.9 Å². The SMILES string of the molecule is COCCNC(=O)c1cc(C(=O)OC)c2cc(Cc3ccc(F)cc3)cnc2c1O. The van der Waals surface area contributed by atoms with Crippen molar-refractivity contribution in [2.75, 3.05) is 27.4 Å². The molecule has 2 N–H and O–H groups in total. The normalized spacial score (nSPS) is 10.8. The van der Waals surface area contributed by atoms with Gasteiger partial charge in [0.15, 0.2) is 5.75 Å². The quantitative estimate of drug-likeness (QED) is 0.458. The van der Waals surface area contributed by atoms with E-state index in [4.69, 9.17) is 9.47 Å². The Morgan fingerprint density at radius 3 is 2.50 bits per heavy atom. The van der Waals surface area contributed by atoms with E-state index in [1.54, 1.807) is 24.4 Å². The molecule has 0 fully saturated rings. The number of methoxy groups -OCH3 is 2. The third kappa shape index (κ3) is 4.55. The molecule has 0 saturated heterocycles. The summed E-state index contributed by atoms with van der Waals surface area (Å²) in [6.45, 7) is 0.541. The van der Waals surface area contributed by atoms with Crippen LogP contribution in [-0.4, -0.2) is 49.3 Å². The lowest BCUT2D eigenvalue weighted by atomic mass is 9.99. The lowest BCUT2D eigenvalue weighted by molar-refractivity contribution is 0.0603. The van der Waals surface area contributed by atoms with E-state index in [-0.39, 0.29) is 34.8 Å². The average molecular weight is 412 g/mol. The molecule has 1 amide bonds. The number of phenols is 1. The predicted molar refractivity (Wildman–Crippen MR) is 108 cm³/mol. The molecule has 0 aliphatic rings. The zero-order valence-electron chi connectivity index (χ0n) is 16.6. The largest absolute Gasteiger partial charge is 0.505 e. The smallest absolute Gasteiger partial charge is 0.338 e. The van der Waals surface area contributed by atoms with Gasteiger partial charge >= 0.3 is 5.97 Å². The van der Waals surface area contributed by atoms with Gasteiger partial charge in [0.05, 0.1) is 24.8 Å². The maximum atomic E-state index is 13.1. The average Bonchev–Trinajstić information content (AvgIpc) is 2.75. The standard InChI is InChI=1S/C22H21FN2O5/c1-29-8-7-24-21(27)18-11-17(22(28)30-2)16-10-14(12-25-19(16)20(18)26)9-13-3-5-15(23)6-4-13/h3-6,10-12,26H,7-9H2,1-2H3,(H,24,27). The van der Waals surface area contributed by atoms with Gasteiger partial charge in [0.1, 0.15) is 11.3 Å². The lowest BCUT2D eigenvalue weighted by Crippen LogP contribution is -2.27. The Bertz CT molecular complexity index is 1080. The number of carbonyl (C=O) groups is 2. The van der Waals surface area contributed by atoms with Crippen LogP contribution in [0.25, 0.3) is 10.9 Å². The van der Waals surface area contributed by atoms with Crippen molar-refractivity contribution in [1.82, 2.24) is 10.3 Å². The van der Waals surface area contributed by atoms with Crippen LogP contribution in [0.5, 0.6) is 5.75 Å². The van der Waals surface area contributed by atoms with Crippen LogP contribution in [-0.2, 0) is 15.9 Å². The number of rotatable bonds is 7. The molecule has 8 heteroatoms. The van der Waals surface area contributed by atoms with Gasteiger partial charge in [-0.15, -0.1) is 0 Å².